The van der Waals surface area contributed by atoms with Crippen molar-refractivity contribution in [2.75, 3.05) is 5.32 Å². The monoisotopic (exact) mass is 415 g/mol. The summed E-state index contributed by atoms with van der Waals surface area (Å²) in [7, 11) is 2.00. The van der Waals surface area contributed by atoms with Crippen LogP contribution in [0.1, 0.15) is 23.0 Å². The first-order valence-electron chi connectivity index (χ1n) is 9.74. The second kappa shape index (κ2) is 7.84. The Bertz CT molecular complexity index is 1190. The van der Waals surface area contributed by atoms with E-state index in [1.807, 2.05) is 54.2 Å². The van der Waals surface area contributed by atoms with Crippen molar-refractivity contribution in [1.82, 2.24) is 19.7 Å². The van der Waals surface area contributed by atoms with Crippen LogP contribution in [0.15, 0.2) is 72.0 Å². The molecule has 1 N–H and O–H groups in total. The first kappa shape index (κ1) is 18.7. The minimum atomic E-state index is -0.376. The van der Waals surface area contributed by atoms with E-state index in [4.69, 9.17) is 9.72 Å². The lowest BCUT2D eigenvalue weighted by atomic mass is 10.1. The second-order valence-corrected chi connectivity index (χ2v) is 8.20. The van der Waals surface area contributed by atoms with Crippen molar-refractivity contribution >= 4 is 17.4 Å². The Balaban J connectivity index is 1.48. The molecule has 0 saturated carbocycles. The molecule has 0 aliphatic carbocycles. The summed E-state index contributed by atoms with van der Waals surface area (Å²) in [6, 6.07) is 20.5. The maximum Gasteiger partial charge on any atom is 0.247 e. The number of nitrogens with zero attached hydrogens (tertiary/aromatic N) is 4. The summed E-state index contributed by atoms with van der Waals surface area (Å²) in [5, 5.41) is 12.9. The Morgan fingerprint density at radius 1 is 1.03 bits per heavy atom. The smallest absolute Gasteiger partial charge is 0.247 e. The highest BCUT2D eigenvalue weighted by molar-refractivity contribution is 7.98. The number of para-hydroxylation sites is 1. The minimum absolute atomic E-state index is 0.376. The van der Waals surface area contributed by atoms with Crippen LogP contribution in [0.25, 0.3) is 11.3 Å². The molecule has 0 fully saturated rings. The number of rotatable bonds is 4. The van der Waals surface area contributed by atoms with Crippen LogP contribution in [0.3, 0.4) is 0 Å². The third-order valence-electron chi connectivity index (χ3n) is 5.07. The Hall–Kier alpha value is -3.32. The molecule has 3 heterocycles. The van der Waals surface area contributed by atoms with Crippen molar-refractivity contribution in [1.29, 1.82) is 0 Å². The van der Waals surface area contributed by atoms with Crippen LogP contribution in [-0.4, -0.2) is 19.7 Å². The predicted molar refractivity (Wildman–Crippen MR) is 118 cm³/mol. The summed E-state index contributed by atoms with van der Waals surface area (Å²) in [4.78, 5) is 4.71. The molecule has 2 aromatic heterocycles. The zero-order valence-corrected chi connectivity index (χ0v) is 17.6. The number of benzene rings is 2. The zero-order chi connectivity index (χ0) is 20.5. The van der Waals surface area contributed by atoms with Crippen LogP contribution in [0, 0.1) is 6.92 Å². The van der Waals surface area contributed by atoms with Gasteiger partial charge in [-0.05, 0) is 30.7 Å². The number of anilines is 1. The van der Waals surface area contributed by atoms with Gasteiger partial charge in [0.25, 0.3) is 0 Å². The normalized spacial score (nSPS) is 14.8. The lowest BCUT2D eigenvalue weighted by molar-refractivity contribution is 0.217. The number of fused-ring (bicyclic) bond motifs is 3. The molecule has 5 rings (SSSR count). The topological polar surface area (TPSA) is 64.9 Å². The van der Waals surface area contributed by atoms with Gasteiger partial charge in [-0.25, -0.2) is 0 Å². The van der Waals surface area contributed by atoms with Gasteiger partial charge in [-0.15, -0.1) is 10.2 Å². The van der Waals surface area contributed by atoms with Crippen molar-refractivity contribution in [2.45, 2.75) is 24.1 Å². The van der Waals surface area contributed by atoms with Gasteiger partial charge in [0.2, 0.25) is 17.3 Å². The molecule has 0 radical (unpaired) electrons. The van der Waals surface area contributed by atoms with Gasteiger partial charge in [-0.1, -0.05) is 59.8 Å². The Morgan fingerprint density at radius 2 is 1.87 bits per heavy atom. The van der Waals surface area contributed by atoms with Crippen LogP contribution in [0.4, 0.5) is 5.69 Å². The Kier molecular flexibility index (Phi) is 4.88. The molecule has 1 aliphatic heterocycles. The minimum Gasteiger partial charge on any atom is -0.446 e. The second-order valence-electron chi connectivity index (χ2n) is 7.25. The summed E-state index contributed by atoms with van der Waals surface area (Å²) in [5.74, 6) is 1.26. The number of nitrogens with one attached hydrogen (secondary N) is 1. The van der Waals surface area contributed by atoms with Gasteiger partial charge < -0.3 is 14.6 Å². The Morgan fingerprint density at radius 3 is 2.67 bits per heavy atom. The van der Waals surface area contributed by atoms with E-state index in [-0.39, 0.29) is 6.23 Å². The molecule has 0 bridgehead atoms. The summed E-state index contributed by atoms with van der Waals surface area (Å²) in [5.41, 5.74) is 5.99. The number of thioether (sulfide) groups is 1. The van der Waals surface area contributed by atoms with E-state index >= 15 is 0 Å². The van der Waals surface area contributed by atoms with Gasteiger partial charge >= 0.3 is 0 Å². The average molecular weight is 416 g/mol. The lowest BCUT2D eigenvalue weighted by Crippen LogP contribution is -2.19. The maximum absolute atomic E-state index is 6.31. The first-order chi connectivity index (χ1) is 14.7. The van der Waals surface area contributed by atoms with E-state index in [0.717, 1.165) is 22.7 Å². The van der Waals surface area contributed by atoms with Crippen LogP contribution in [0.2, 0.25) is 0 Å². The average Bonchev–Trinajstić information content (AvgIpc) is 3.12. The molecular weight excluding hydrogens is 394 g/mol. The van der Waals surface area contributed by atoms with Gasteiger partial charge in [-0.2, -0.15) is 4.98 Å². The van der Waals surface area contributed by atoms with Crippen molar-refractivity contribution < 1.29 is 4.74 Å². The SMILES string of the molecule is Cc1ccc(CSc2nnc3c(n2)O[C@H](c2cccn2C)Nc2ccccc2-3)cc1. The van der Waals surface area contributed by atoms with E-state index in [2.05, 4.69) is 46.7 Å². The third-order valence-corrected chi connectivity index (χ3v) is 5.98. The van der Waals surface area contributed by atoms with E-state index < -0.39 is 0 Å². The molecule has 7 heteroatoms. The highest BCUT2D eigenvalue weighted by atomic mass is 32.2. The zero-order valence-electron chi connectivity index (χ0n) is 16.7. The number of aryl methyl sites for hydroxylation is 2. The van der Waals surface area contributed by atoms with E-state index in [0.29, 0.717) is 16.7 Å². The molecule has 0 spiro atoms. The van der Waals surface area contributed by atoms with Crippen molar-refractivity contribution in [3.05, 3.63) is 83.7 Å². The summed E-state index contributed by atoms with van der Waals surface area (Å²) in [6.45, 7) is 2.09. The molecule has 2 aromatic carbocycles. The molecule has 0 unspecified atom stereocenters. The molecule has 0 saturated heterocycles. The van der Waals surface area contributed by atoms with Crippen LogP contribution >= 0.6 is 11.8 Å². The van der Waals surface area contributed by atoms with Crippen molar-refractivity contribution in [3.8, 4) is 17.1 Å². The molecule has 1 atom stereocenters. The molecular formula is C23H21N5OS. The highest BCUT2D eigenvalue weighted by Crippen LogP contribution is 2.39. The quantitative estimate of drug-likeness (QED) is 0.474. The van der Waals surface area contributed by atoms with E-state index in [1.165, 1.54) is 11.1 Å². The standard InChI is InChI=1S/C23H21N5OS/c1-15-9-11-16(12-10-15)14-30-23-25-22-20(26-27-23)17-6-3-4-7-18(17)24-21(29-22)19-8-5-13-28(19)2/h3-13,21,24H,14H2,1-2H3/t21-/m1/s1. The molecule has 6 nitrogen and oxygen atoms in total. The van der Waals surface area contributed by atoms with Crippen molar-refractivity contribution in [3.63, 3.8) is 0 Å². The number of ether oxygens (including phenoxy) is 1. The van der Waals surface area contributed by atoms with Gasteiger partial charge in [0.15, 0.2) is 5.69 Å². The van der Waals surface area contributed by atoms with Crippen LogP contribution in [0.5, 0.6) is 5.88 Å². The fraction of sp³-hybridized carbons (Fsp3) is 0.174. The lowest BCUT2D eigenvalue weighted by Gasteiger charge is -2.19. The number of aromatic nitrogens is 4. The third kappa shape index (κ3) is 3.64. The number of hydrogen-bond donors (Lipinski definition) is 1. The molecule has 1 aliphatic rings. The fourth-order valence-corrected chi connectivity index (χ4v) is 4.16. The Labute approximate surface area is 179 Å². The van der Waals surface area contributed by atoms with Crippen LogP contribution < -0.4 is 10.1 Å². The first-order valence-corrected chi connectivity index (χ1v) is 10.7. The van der Waals surface area contributed by atoms with Gasteiger partial charge in [0.1, 0.15) is 0 Å². The summed E-state index contributed by atoms with van der Waals surface area (Å²) >= 11 is 1.55. The van der Waals surface area contributed by atoms with Crippen LogP contribution in [-0.2, 0) is 12.8 Å². The maximum atomic E-state index is 6.31. The molecule has 0 amide bonds. The van der Waals surface area contributed by atoms with Crippen molar-refractivity contribution in [2.24, 2.45) is 7.05 Å². The molecule has 4 aromatic rings. The molecule has 150 valence electrons. The largest absolute Gasteiger partial charge is 0.446 e. The van der Waals surface area contributed by atoms with Gasteiger partial charge in [0.05, 0.1) is 5.69 Å². The van der Waals surface area contributed by atoms with E-state index in [1.54, 1.807) is 11.8 Å². The highest BCUT2D eigenvalue weighted by Gasteiger charge is 2.27. The fourth-order valence-electron chi connectivity index (χ4n) is 3.42. The van der Waals surface area contributed by atoms with Gasteiger partial charge in [-0.3, -0.25) is 0 Å². The number of hydrogen-bond acceptors (Lipinski definition) is 6. The van der Waals surface area contributed by atoms with Gasteiger partial charge in [0, 0.05) is 30.2 Å². The summed E-state index contributed by atoms with van der Waals surface area (Å²) < 4.78 is 8.35. The van der Waals surface area contributed by atoms with E-state index in [9.17, 15) is 0 Å². The summed E-state index contributed by atoms with van der Waals surface area (Å²) in [6.07, 6.45) is 1.62. The predicted octanol–water partition coefficient (Wildman–Crippen LogP) is 4.98. The molecule has 30 heavy (non-hydrogen) atoms.